The van der Waals surface area contributed by atoms with Crippen molar-refractivity contribution in [1.82, 2.24) is 0 Å². The first-order valence-corrected chi connectivity index (χ1v) is 4.74. The number of carboxylic acid groups (broad SMARTS) is 1. The first kappa shape index (κ1) is 15.4. The van der Waals surface area contributed by atoms with E-state index in [2.05, 4.69) is 4.74 Å². The Bertz CT molecular complexity index is 457. The molecule has 4 N–H and O–H groups in total. The van der Waals surface area contributed by atoms with Crippen LogP contribution in [0, 0.1) is 0 Å². The molecule has 7 nitrogen and oxygen atoms in total. The number of phenols is 1. The van der Waals surface area contributed by atoms with E-state index in [4.69, 9.17) is 15.9 Å². The van der Waals surface area contributed by atoms with Crippen LogP contribution in [0.2, 0.25) is 0 Å². The van der Waals surface area contributed by atoms with Crippen molar-refractivity contribution in [3.05, 3.63) is 23.8 Å². The minimum atomic E-state index is -1.16. The Labute approximate surface area is 103 Å². The van der Waals surface area contributed by atoms with Crippen LogP contribution in [-0.4, -0.2) is 28.1 Å². The van der Waals surface area contributed by atoms with Crippen LogP contribution in [0.15, 0.2) is 18.2 Å². The Morgan fingerprint density at radius 1 is 1.17 bits per heavy atom. The van der Waals surface area contributed by atoms with Gasteiger partial charge in [-0.25, -0.2) is 4.79 Å². The fourth-order valence-corrected chi connectivity index (χ4v) is 0.932. The molecular weight excluding hydrogens is 242 g/mol. The Balaban J connectivity index is 0.000000360. The van der Waals surface area contributed by atoms with Crippen LogP contribution >= 0.6 is 0 Å². The van der Waals surface area contributed by atoms with E-state index in [0.29, 0.717) is 5.69 Å². The number of hydrogen-bond donors (Lipinski definition) is 3. The van der Waals surface area contributed by atoms with Gasteiger partial charge >= 0.3 is 17.9 Å². The van der Waals surface area contributed by atoms with Gasteiger partial charge in [-0.1, -0.05) is 0 Å². The van der Waals surface area contributed by atoms with Gasteiger partial charge in [0, 0.05) is 25.6 Å². The Morgan fingerprint density at radius 3 is 1.94 bits per heavy atom. The summed E-state index contributed by atoms with van der Waals surface area (Å²) in [4.78, 5) is 30.0. The monoisotopic (exact) mass is 255 g/mol. The fourth-order valence-electron chi connectivity index (χ4n) is 0.932. The van der Waals surface area contributed by atoms with Gasteiger partial charge in [-0.3, -0.25) is 9.59 Å². The summed E-state index contributed by atoms with van der Waals surface area (Å²) >= 11 is 0. The molecule has 0 saturated heterocycles. The number of hydrogen-bond acceptors (Lipinski definition) is 6. The van der Waals surface area contributed by atoms with Gasteiger partial charge in [0.15, 0.2) is 0 Å². The lowest BCUT2D eigenvalue weighted by Gasteiger charge is -1.98. The number of carbonyl (C=O) groups is 3. The van der Waals surface area contributed by atoms with Crippen LogP contribution in [0.25, 0.3) is 0 Å². The van der Waals surface area contributed by atoms with Gasteiger partial charge in [-0.05, 0) is 12.1 Å². The molecule has 0 amide bonds. The van der Waals surface area contributed by atoms with Gasteiger partial charge in [-0.2, -0.15) is 0 Å². The highest BCUT2D eigenvalue weighted by Gasteiger charge is 2.07. The van der Waals surface area contributed by atoms with Gasteiger partial charge in [-0.15, -0.1) is 0 Å². The molecule has 0 bridgehead atoms. The van der Waals surface area contributed by atoms with Crippen LogP contribution in [0.3, 0.4) is 0 Å². The Morgan fingerprint density at radius 2 is 1.67 bits per heavy atom. The molecule has 0 aliphatic heterocycles. The molecule has 1 aromatic rings. The quantitative estimate of drug-likeness (QED) is 0.384. The molecule has 0 aromatic heterocycles. The normalized spacial score (nSPS) is 8.78. The average molecular weight is 255 g/mol. The summed E-state index contributed by atoms with van der Waals surface area (Å²) in [5.41, 5.74) is 5.48. The minimum absolute atomic E-state index is 0.140. The summed E-state index contributed by atoms with van der Waals surface area (Å²) in [7, 11) is 0. The summed E-state index contributed by atoms with van der Waals surface area (Å²) < 4.78 is 3.97. The fraction of sp³-hybridized carbons (Fsp3) is 0.182. The number of nitrogens with two attached hydrogens (primary N) is 1. The maximum absolute atomic E-state index is 10.3. The highest BCUT2D eigenvalue weighted by atomic mass is 16.6. The zero-order chi connectivity index (χ0) is 14.3. The van der Waals surface area contributed by atoms with E-state index in [0.717, 1.165) is 0 Å². The van der Waals surface area contributed by atoms with Gasteiger partial charge < -0.3 is 20.7 Å². The molecule has 1 aromatic carbocycles. The van der Waals surface area contributed by atoms with Crippen molar-refractivity contribution < 1.29 is 29.3 Å². The van der Waals surface area contributed by atoms with Crippen LogP contribution in [0.5, 0.6) is 5.75 Å². The number of ether oxygens (including phenoxy) is 1. The molecule has 0 fully saturated rings. The van der Waals surface area contributed by atoms with Crippen molar-refractivity contribution in [3.8, 4) is 5.75 Å². The second kappa shape index (κ2) is 6.89. The van der Waals surface area contributed by atoms with E-state index in [-0.39, 0.29) is 11.3 Å². The molecule has 7 heteroatoms. The molecule has 0 radical (unpaired) electrons. The summed E-state index contributed by atoms with van der Waals surface area (Å²) in [6.45, 7) is 2.36. The largest absolute Gasteiger partial charge is 0.507 e. The highest BCUT2D eigenvalue weighted by Crippen LogP contribution is 2.19. The Hall–Kier alpha value is -2.57. The number of carboxylic acids is 1. The van der Waals surface area contributed by atoms with E-state index in [1.807, 2.05) is 0 Å². The molecule has 1 rings (SSSR count). The second-order valence-corrected chi connectivity index (χ2v) is 3.17. The maximum atomic E-state index is 10.3. The average Bonchev–Trinajstić information content (AvgIpc) is 2.14. The molecule has 0 unspecified atom stereocenters. The number of aromatic carboxylic acids is 1. The van der Waals surface area contributed by atoms with Gasteiger partial charge in [0.25, 0.3) is 0 Å². The van der Waals surface area contributed by atoms with Crippen molar-refractivity contribution in [2.45, 2.75) is 13.8 Å². The third-order valence-electron chi connectivity index (χ3n) is 1.54. The molecule has 98 valence electrons. The number of nitrogen functional groups attached to an aromatic ring is 1. The third kappa shape index (κ3) is 6.11. The number of esters is 2. The van der Waals surface area contributed by atoms with Crippen molar-refractivity contribution in [1.29, 1.82) is 0 Å². The van der Waals surface area contributed by atoms with Crippen molar-refractivity contribution >= 4 is 23.6 Å². The molecule has 0 aliphatic carbocycles. The SMILES string of the molecule is CC(=O)OC(C)=O.Nc1ccc(C(=O)O)c(O)c1. The van der Waals surface area contributed by atoms with Crippen molar-refractivity contribution in [2.75, 3.05) is 5.73 Å². The second-order valence-electron chi connectivity index (χ2n) is 3.17. The zero-order valence-electron chi connectivity index (χ0n) is 9.84. The van der Waals surface area contributed by atoms with Crippen LogP contribution < -0.4 is 5.73 Å². The van der Waals surface area contributed by atoms with Gasteiger partial charge in [0.05, 0.1) is 0 Å². The highest BCUT2D eigenvalue weighted by molar-refractivity contribution is 5.91. The Kier molecular flexibility index (Phi) is 5.91. The third-order valence-corrected chi connectivity index (χ3v) is 1.54. The first-order chi connectivity index (χ1) is 8.23. The number of carbonyl (C=O) groups excluding carboxylic acids is 2. The standard InChI is InChI=1S/C7H7NO3.C4H6O3/c8-4-1-2-5(7(10)11)6(9)3-4;1-3(5)7-4(2)6/h1-3,9H,8H2,(H,10,11);1-2H3. The molecule has 0 saturated carbocycles. The van der Waals surface area contributed by atoms with Crippen molar-refractivity contribution in [2.24, 2.45) is 0 Å². The summed E-state index contributed by atoms with van der Waals surface area (Å²) in [5.74, 6) is -2.60. The molecular formula is C11H13NO6. The lowest BCUT2D eigenvalue weighted by molar-refractivity contribution is -0.156. The predicted octanol–water partition coefficient (Wildman–Crippen LogP) is 0.769. The van der Waals surface area contributed by atoms with Gasteiger partial charge in [0.1, 0.15) is 11.3 Å². The maximum Gasteiger partial charge on any atom is 0.339 e. The van der Waals surface area contributed by atoms with Crippen LogP contribution in [-0.2, 0) is 14.3 Å². The number of anilines is 1. The molecule has 0 atom stereocenters. The van der Waals surface area contributed by atoms with Crippen LogP contribution in [0.4, 0.5) is 5.69 Å². The predicted molar refractivity (Wildman–Crippen MR) is 61.9 cm³/mol. The summed E-state index contributed by atoms with van der Waals surface area (Å²) in [6.07, 6.45) is 0. The van der Waals surface area contributed by atoms with Crippen molar-refractivity contribution in [3.63, 3.8) is 0 Å². The van der Waals surface area contributed by atoms with E-state index in [1.165, 1.54) is 32.0 Å². The molecule has 0 aliphatic rings. The molecule has 0 spiro atoms. The molecule has 18 heavy (non-hydrogen) atoms. The number of rotatable bonds is 1. The number of aromatic hydroxyl groups is 1. The topological polar surface area (TPSA) is 127 Å². The van der Waals surface area contributed by atoms with Crippen LogP contribution in [0.1, 0.15) is 24.2 Å². The lowest BCUT2D eigenvalue weighted by atomic mass is 10.2. The van der Waals surface area contributed by atoms with E-state index in [1.54, 1.807) is 0 Å². The number of benzene rings is 1. The summed E-state index contributed by atoms with van der Waals surface area (Å²) in [6, 6.07) is 3.87. The molecule has 0 heterocycles. The first-order valence-electron chi connectivity index (χ1n) is 4.74. The van der Waals surface area contributed by atoms with E-state index < -0.39 is 17.9 Å². The lowest BCUT2D eigenvalue weighted by Crippen LogP contribution is -2.03. The smallest absolute Gasteiger partial charge is 0.339 e. The summed E-state index contributed by atoms with van der Waals surface area (Å²) in [5, 5.41) is 17.5. The van der Waals surface area contributed by atoms with Gasteiger partial charge in [0.2, 0.25) is 0 Å². The minimum Gasteiger partial charge on any atom is -0.507 e. The van der Waals surface area contributed by atoms with E-state index in [9.17, 15) is 14.4 Å². The van der Waals surface area contributed by atoms with E-state index >= 15 is 0 Å². The zero-order valence-corrected chi connectivity index (χ0v) is 9.84.